The first-order chi connectivity index (χ1) is 11.7. The number of carbonyl (C=O) groups excluding carboxylic acids is 1. The summed E-state index contributed by atoms with van der Waals surface area (Å²) < 4.78 is 5.35. The first-order valence-electron chi connectivity index (χ1n) is 7.35. The summed E-state index contributed by atoms with van der Waals surface area (Å²) in [5, 5.41) is 2.00. The summed E-state index contributed by atoms with van der Waals surface area (Å²) in [6.45, 7) is 0.238. The normalized spacial score (nSPS) is 11.0. The van der Waals surface area contributed by atoms with Gasteiger partial charge in [-0.15, -0.1) is 0 Å². The number of benzene rings is 2. The third-order valence-electron chi connectivity index (χ3n) is 3.79. The van der Waals surface area contributed by atoms with E-state index in [0.717, 1.165) is 21.9 Å². The van der Waals surface area contributed by atoms with Crippen LogP contribution < -0.4 is 0 Å². The van der Waals surface area contributed by atoms with Gasteiger partial charge in [-0.05, 0) is 17.7 Å². The molecule has 0 spiro atoms. The van der Waals surface area contributed by atoms with E-state index < -0.39 is 0 Å². The van der Waals surface area contributed by atoms with E-state index in [0.29, 0.717) is 16.4 Å². The Morgan fingerprint density at radius 3 is 2.79 bits per heavy atom. The molecule has 2 aromatic heterocycles. The zero-order valence-corrected chi connectivity index (χ0v) is 13.2. The lowest BCUT2D eigenvalue weighted by Gasteiger charge is -2.05. The highest BCUT2D eigenvalue weighted by atomic mass is 35.5. The molecule has 0 aliphatic carbocycles. The molecule has 0 amide bonds. The van der Waals surface area contributed by atoms with Crippen LogP contribution in [0.2, 0.25) is 5.15 Å². The van der Waals surface area contributed by atoms with E-state index in [-0.39, 0.29) is 12.6 Å². The summed E-state index contributed by atoms with van der Waals surface area (Å²) >= 11 is 6.13. The Kier molecular flexibility index (Phi) is 3.63. The van der Waals surface area contributed by atoms with Gasteiger partial charge in [-0.3, -0.25) is 0 Å². The van der Waals surface area contributed by atoms with Crippen molar-refractivity contribution in [2.75, 3.05) is 0 Å². The smallest absolute Gasteiger partial charge is 0.338 e. The number of ether oxygens (including phenoxy) is 1. The molecule has 24 heavy (non-hydrogen) atoms. The Bertz CT molecular complexity index is 1040. The predicted molar refractivity (Wildman–Crippen MR) is 92.0 cm³/mol. The first kappa shape index (κ1) is 14.7. The zero-order valence-electron chi connectivity index (χ0n) is 12.5. The van der Waals surface area contributed by atoms with E-state index in [1.54, 1.807) is 12.1 Å². The van der Waals surface area contributed by atoms with Gasteiger partial charge in [-0.25, -0.2) is 14.8 Å². The maximum absolute atomic E-state index is 12.3. The van der Waals surface area contributed by atoms with Crippen molar-refractivity contribution < 1.29 is 9.53 Å². The number of rotatable bonds is 3. The summed E-state index contributed by atoms with van der Waals surface area (Å²) in [6, 6.07) is 14.8. The largest absolute Gasteiger partial charge is 0.457 e. The molecule has 0 saturated carbocycles. The second-order valence-corrected chi connectivity index (χ2v) is 5.69. The van der Waals surface area contributed by atoms with E-state index in [2.05, 4.69) is 15.0 Å². The molecule has 0 bridgehead atoms. The van der Waals surface area contributed by atoms with Gasteiger partial charge in [0.15, 0.2) is 0 Å². The Balaban J connectivity index is 1.64. The van der Waals surface area contributed by atoms with Gasteiger partial charge in [-0.1, -0.05) is 48.0 Å². The molecule has 0 unspecified atom stereocenters. The molecule has 6 heteroatoms. The highest BCUT2D eigenvalue weighted by Crippen LogP contribution is 2.29. The van der Waals surface area contributed by atoms with Gasteiger partial charge in [0.2, 0.25) is 0 Å². The number of fused-ring (bicyclic) bond motifs is 3. The van der Waals surface area contributed by atoms with Crippen LogP contribution in [-0.4, -0.2) is 20.9 Å². The van der Waals surface area contributed by atoms with Gasteiger partial charge < -0.3 is 9.72 Å². The second-order valence-electron chi connectivity index (χ2n) is 5.34. The highest BCUT2D eigenvalue weighted by molar-refractivity contribution is 6.36. The van der Waals surface area contributed by atoms with Crippen molar-refractivity contribution in [2.24, 2.45) is 0 Å². The number of aromatic amines is 1. The van der Waals surface area contributed by atoms with E-state index in [9.17, 15) is 4.79 Å². The monoisotopic (exact) mass is 337 g/mol. The van der Waals surface area contributed by atoms with Crippen molar-refractivity contribution in [3.8, 4) is 0 Å². The summed E-state index contributed by atoms with van der Waals surface area (Å²) in [7, 11) is 0. The van der Waals surface area contributed by atoms with Crippen molar-refractivity contribution in [2.45, 2.75) is 6.61 Å². The van der Waals surface area contributed by atoms with Crippen LogP contribution in [0.4, 0.5) is 0 Å². The molecule has 0 radical (unpaired) electrons. The van der Waals surface area contributed by atoms with Gasteiger partial charge in [0.25, 0.3) is 0 Å². The quantitative estimate of drug-likeness (QED) is 0.451. The van der Waals surface area contributed by atoms with Gasteiger partial charge in [0, 0.05) is 10.9 Å². The summed E-state index contributed by atoms with van der Waals surface area (Å²) in [6.07, 6.45) is 1.40. The van der Waals surface area contributed by atoms with E-state index in [1.807, 2.05) is 36.4 Å². The van der Waals surface area contributed by atoms with Crippen molar-refractivity contribution in [1.29, 1.82) is 0 Å². The summed E-state index contributed by atoms with van der Waals surface area (Å²) in [5.41, 5.74) is 2.81. The maximum Gasteiger partial charge on any atom is 0.338 e. The SMILES string of the molecule is O=C(OCc1ccccc1)c1ccc2c(c1)[nH]c1ncnc(Cl)c12. The first-order valence-corrected chi connectivity index (χ1v) is 7.73. The van der Waals surface area contributed by atoms with Crippen LogP contribution in [0.25, 0.3) is 21.9 Å². The van der Waals surface area contributed by atoms with Gasteiger partial charge in [0.05, 0.1) is 10.9 Å². The Hall–Kier alpha value is -2.92. The Morgan fingerprint density at radius 2 is 1.96 bits per heavy atom. The summed E-state index contributed by atoms with van der Waals surface area (Å²) in [4.78, 5) is 23.6. The standard InChI is InChI=1S/C18H12ClN3O2/c19-16-15-13-7-6-12(8-14(13)22-17(15)21-10-20-16)18(23)24-9-11-4-2-1-3-5-11/h1-8,10H,9H2,(H,20,21,22). The second kappa shape index (κ2) is 5.94. The number of halogens is 1. The molecule has 118 valence electrons. The zero-order chi connectivity index (χ0) is 16.5. The molecular weight excluding hydrogens is 326 g/mol. The highest BCUT2D eigenvalue weighted by Gasteiger charge is 2.13. The Labute approximate surface area is 142 Å². The molecule has 0 aliphatic rings. The van der Waals surface area contributed by atoms with E-state index in [4.69, 9.17) is 16.3 Å². The average Bonchev–Trinajstić information content (AvgIpc) is 2.99. The minimum Gasteiger partial charge on any atom is -0.457 e. The topological polar surface area (TPSA) is 67.9 Å². The van der Waals surface area contributed by atoms with Crippen LogP contribution in [0.3, 0.4) is 0 Å². The Morgan fingerprint density at radius 1 is 1.12 bits per heavy atom. The molecule has 1 N–H and O–H groups in total. The lowest BCUT2D eigenvalue weighted by Crippen LogP contribution is -2.05. The number of nitrogens with zero attached hydrogens (tertiary/aromatic N) is 2. The molecule has 4 rings (SSSR count). The minimum absolute atomic E-state index is 0.238. The fourth-order valence-electron chi connectivity index (χ4n) is 2.62. The minimum atomic E-state index is -0.378. The molecular formula is C18H12ClN3O2. The third-order valence-corrected chi connectivity index (χ3v) is 4.08. The van der Waals surface area contributed by atoms with Crippen molar-refractivity contribution in [3.05, 3.63) is 71.1 Å². The predicted octanol–water partition coefficient (Wildman–Crippen LogP) is 4.12. The molecule has 4 aromatic rings. The number of aromatic nitrogens is 3. The number of hydrogen-bond donors (Lipinski definition) is 1. The molecule has 0 aliphatic heterocycles. The van der Waals surface area contributed by atoms with Crippen molar-refractivity contribution in [3.63, 3.8) is 0 Å². The van der Waals surface area contributed by atoms with Crippen LogP contribution in [0, 0.1) is 0 Å². The van der Waals surface area contributed by atoms with Gasteiger partial charge >= 0.3 is 5.97 Å². The summed E-state index contributed by atoms with van der Waals surface area (Å²) in [5.74, 6) is -0.378. The molecule has 5 nitrogen and oxygen atoms in total. The van der Waals surface area contributed by atoms with Crippen molar-refractivity contribution in [1.82, 2.24) is 15.0 Å². The maximum atomic E-state index is 12.3. The van der Waals surface area contributed by atoms with Crippen LogP contribution in [-0.2, 0) is 11.3 Å². The van der Waals surface area contributed by atoms with Crippen LogP contribution in [0.1, 0.15) is 15.9 Å². The molecule has 0 saturated heterocycles. The fourth-order valence-corrected chi connectivity index (χ4v) is 2.86. The lowest BCUT2D eigenvalue weighted by molar-refractivity contribution is 0.0473. The molecule has 2 heterocycles. The van der Waals surface area contributed by atoms with Gasteiger partial charge in [-0.2, -0.15) is 0 Å². The fraction of sp³-hybridized carbons (Fsp3) is 0.0556. The number of carbonyl (C=O) groups is 1. The van der Waals surface area contributed by atoms with E-state index >= 15 is 0 Å². The molecule has 2 aromatic carbocycles. The van der Waals surface area contributed by atoms with Crippen LogP contribution >= 0.6 is 11.6 Å². The number of esters is 1. The number of nitrogens with one attached hydrogen (secondary N) is 1. The lowest BCUT2D eigenvalue weighted by atomic mass is 10.1. The number of hydrogen-bond acceptors (Lipinski definition) is 4. The molecule has 0 atom stereocenters. The van der Waals surface area contributed by atoms with E-state index in [1.165, 1.54) is 6.33 Å². The van der Waals surface area contributed by atoms with Gasteiger partial charge in [0.1, 0.15) is 23.7 Å². The third kappa shape index (κ3) is 2.59. The van der Waals surface area contributed by atoms with Crippen molar-refractivity contribution >= 4 is 39.5 Å². The number of H-pyrrole nitrogens is 1. The average molecular weight is 338 g/mol. The molecule has 0 fully saturated rings. The van der Waals surface area contributed by atoms with Crippen LogP contribution in [0.5, 0.6) is 0 Å². The van der Waals surface area contributed by atoms with Crippen LogP contribution in [0.15, 0.2) is 54.9 Å².